The maximum absolute atomic E-state index is 13.0. The molecule has 1 unspecified atom stereocenters. The van der Waals surface area contributed by atoms with Gasteiger partial charge in [0.15, 0.2) is 0 Å². The van der Waals surface area contributed by atoms with E-state index in [4.69, 9.17) is 0 Å². The Bertz CT molecular complexity index is 507. The van der Waals surface area contributed by atoms with Gasteiger partial charge in [-0.25, -0.2) is 0 Å². The third-order valence-electron chi connectivity index (χ3n) is 3.65. The molecule has 0 bridgehead atoms. The first-order valence-electron chi connectivity index (χ1n) is 6.33. The summed E-state index contributed by atoms with van der Waals surface area (Å²) in [5.74, 6) is -0.170. The quantitative estimate of drug-likeness (QED) is 0.900. The summed E-state index contributed by atoms with van der Waals surface area (Å²) < 4.78 is 38.9. The highest BCUT2D eigenvalue weighted by Crippen LogP contribution is 2.37. The molecule has 106 valence electrons. The first kappa shape index (κ1) is 14.1. The number of aromatic amines is 1. The van der Waals surface area contributed by atoms with Gasteiger partial charge in [-0.15, -0.1) is 0 Å². The van der Waals surface area contributed by atoms with Gasteiger partial charge >= 0.3 is 6.18 Å². The number of nitrogens with one attached hydrogen (secondary N) is 1. The average molecular weight is 274 g/mol. The van der Waals surface area contributed by atoms with Gasteiger partial charge in [-0.2, -0.15) is 13.2 Å². The van der Waals surface area contributed by atoms with Crippen molar-refractivity contribution in [1.29, 1.82) is 0 Å². The van der Waals surface area contributed by atoms with Crippen molar-refractivity contribution in [3.63, 3.8) is 0 Å². The lowest BCUT2D eigenvalue weighted by Crippen LogP contribution is -2.28. The van der Waals surface area contributed by atoms with E-state index in [9.17, 15) is 18.0 Å². The second-order valence-electron chi connectivity index (χ2n) is 5.24. The van der Waals surface area contributed by atoms with E-state index >= 15 is 0 Å². The number of likely N-dealkylation sites (tertiary alicyclic amines) is 1. The second-order valence-corrected chi connectivity index (χ2v) is 5.24. The van der Waals surface area contributed by atoms with Crippen LogP contribution in [0.15, 0.2) is 17.1 Å². The summed E-state index contributed by atoms with van der Waals surface area (Å²) in [6, 6.07) is 0.981. The molecule has 1 fully saturated rings. The predicted octanol–water partition coefficient (Wildman–Crippen LogP) is 2.59. The number of aromatic nitrogens is 1. The maximum atomic E-state index is 13.0. The molecule has 1 aromatic rings. The standard InChI is InChI=1S/C13H17F3N2O/c1-8(2)18-4-3-9(7-18)10-6-17-12(19)5-11(10)13(14,15)16/h5-6,8-9H,3-4,7H2,1-2H3,(H,17,19). The minimum atomic E-state index is -4.48. The molecular formula is C13H17F3N2O. The average Bonchev–Trinajstić information content (AvgIpc) is 2.77. The summed E-state index contributed by atoms with van der Waals surface area (Å²) in [6.07, 6.45) is -2.57. The number of H-pyrrole nitrogens is 1. The van der Waals surface area contributed by atoms with Crippen molar-refractivity contribution in [2.24, 2.45) is 0 Å². The minimum absolute atomic E-state index is 0.170. The molecule has 2 heterocycles. The third kappa shape index (κ3) is 3.00. The Hall–Kier alpha value is -1.30. The first-order chi connectivity index (χ1) is 8.79. The highest BCUT2D eigenvalue weighted by atomic mass is 19.4. The topological polar surface area (TPSA) is 36.1 Å². The molecule has 1 aliphatic rings. The molecule has 0 saturated carbocycles. The van der Waals surface area contributed by atoms with Crippen molar-refractivity contribution >= 4 is 0 Å². The Morgan fingerprint density at radius 3 is 2.63 bits per heavy atom. The van der Waals surface area contributed by atoms with Gasteiger partial charge in [0, 0.05) is 24.8 Å². The van der Waals surface area contributed by atoms with Crippen LogP contribution in [0.1, 0.15) is 37.3 Å². The Balaban J connectivity index is 2.33. The fourth-order valence-corrected chi connectivity index (χ4v) is 2.58. The highest BCUT2D eigenvalue weighted by Gasteiger charge is 2.37. The van der Waals surface area contributed by atoms with Crippen LogP contribution in [-0.2, 0) is 6.18 Å². The van der Waals surface area contributed by atoms with E-state index < -0.39 is 17.3 Å². The van der Waals surface area contributed by atoms with Crippen molar-refractivity contribution in [2.45, 2.75) is 38.4 Å². The van der Waals surface area contributed by atoms with Gasteiger partial charge in [0.1, 0.15) is 0 Å². The zero-order valence-corrected chi connectivity index (χ0v) is 10.9. The summed E-state index contributed by atoms with van der Waals surface area (Å²) in [6.45, 7) is 5.45. The zero-order chi connectivity index (χ0) is 14.2. The largest absolute Gasteiger partial charge is 0.416 e. The summed E-state index contributed by atoms with van der Waals surface area (Å²) in [7, 11) is 0. The maximum Gasteiger partial charge on any atom is 0.416 e. The van der Waals surface area contributed by atoms with Crippen LogP contribution in [0.25, 0.3) is 0 Å². The second kappa shape index (κ2) is 5.00. The van der Waals surface area contributed by atoms with Crippen molar-refractivity contribution in [3.05, 3.63) is 33.7 Å². The molecule has 1 N–H and O–H groups in total. The molecule has 0 aliphatic carbocycles. The van der Waals surface area contributed by atoms with Gasteiger partial charge in [0.2, 0.25) is 5.56 Å². The molecule has 0 amide bonds. The van der Waals surface area contributed by atoms with Crippen molar-refractivity contribution in [1.82, 2.24) is 9.88 Å². The van der Waals surface area contributed by atoms with Gasteiger partial charge in [0.25, 0.3) is 0 Å². The number of hydrogen-bond donors (Lipinski definition) is 1. The summed E-state index contributed by atoms with van der Waals surface area (Å²) in [5.41, 5.74) is -1.31. The molecule has 19 heavy (non-hydrogen) atoms. The molecule has 1 saturated heterocycles. The van der Waals surface area contributed by atoms with E-state index in [2.05, 4.69) is 9.88 Å². The molecule has 1 aliphatic heterocycles. The van der Waals surface area contributed by atoms with Gasteiger partial charge in [0.05, 0.1) is 5.56 Å². The van der Waals surface area contributed by atoms with Crippen LogP contribution in [0.2, 0.25) is 0 Å². The van der Waals surface area contributed by atoms with Crippen LogP contribution < -0.4 is 5.56 Å². The lowest BCUT2D eigenvalue weighted by atomic mass is 9.95. The van der Waals surface area contributed by atoms with Gasteiger partial charge < -0.3 is 9.88 Å². The van der Waals surface area contributed by atoms with Gasteiger partial charge in [-0.1, -0.05) is 0 Å². The van der Waals surface area contributed by atoms with Crippen molar-refractivity contribution in [3.8, 4) is 0 Å². The molecule has 0 radical (unpaired) electrons. The highest BCUT2D eigenvalue weighted by molar-refractivity contribution is 5.30. The molecule has 0 aromatic carbocycles. The normalized spacial score (nSPS) is 21.3. The monoisotopic (exact) mass is 274 g/mol. The number of rotatable bonds is 2. The lowest BCUT2D eigenvalue weighted by molar-refractivity contribution is -0.138. The van der Waals surface area contributed by atoms with Crippen LogP contribution >= 0.6 is 0 Å². The van der Waals surface area contributed by atoms with E-state index in [1.54, 1.807) is 0 Å². The SMILES string of the molecule is CC(C)N1CCC(c2c[nH]c(=O)cc2C(F)(F)F)C1. The predicted molar refractivity (Wildman–Crippen MR) is 66.1 cm³/mol. The van der Waals surface area contributed by atoms with Crippen LogP contribution in [0.3, 0.4) is 0 Å². The van der Waals surface area contributed by atoms with E-state index in [0.717, 1.165) is 6.54 Å². The Morgan fingerprint density at radius 1 is 1.42 bits per heavy atom. The van der Waals surface area contributed by atoms with Crippen molar-refractivity contribution < 1.29 is 13.2 Å². The number of pyridine rings is 1. The summed E-state index contributed by atoms with van der Waals surface area (Å²) in [4.78, 5) is 15.6. The van der Waals surface area contributed by atoms with E-state index in [0.29, 0.717) is 25.1 Å². The molecule has 0 spiro atoms. The molecule has 1 aromatic heterocycles. The fourth-order valence-electron chi connectivity index (χ4n) is 2.58. The Morgan fingerprint density at radius 2 is 2.11 bits per heavy atom. The number of halogens is 3. The number of hydrogen-bond acceptors (Lipinski definition) is 2. The van der Waals surface area contributed by atoms with E-state index in [1.807, 2.05) is 13.8 Å². The van der Waals surface area contributed by atoms with Crippen LogP contribution in [0.4, 0.5) is 13.2 Å². The van der Waals surface area contributed by atoms with Crippen LogP contribution in [-0.4, -0.2) is 29.0 Å². The minimum Gasteiger partial charge on any atom is -0.329 e. The smallest absolute Gasteiger partial charge is 0.329 e. The molecule has 1 atom stereocenters. The summed E-state index contributed by atoms with van der Waals surface area (Å²) in [5, 5.41) is 0. The lowest BCUT2D eigenvalue weighted by Gasteiger charge is -2.21. The molecule has 6 heteroatoms. The van der Waals surface area contributed by atoms with E-state index in [1.165, 1.54) is 6.20 Å². The van der Waals surface area contributed by atoms with Crippen LogP contribution in [0.5, 0.6) is 0 Å². The van der Waals surface area contributed by atoms with Gasteiger partial charge in [-0.3, -0.25) is 4.79 Å². The fraction of sp³-hybridized carbons (Fsp3) is 0.615. The third-order valence-corrected chi connectivity index (χ3v) is 3.65. The van der Waals surface area contributed by atoms with Crippen molar-refractivity contribution in [2.75, 3.05) is 13.1 Å². The zero-order valence-electron chi connectivity index (χ0n) is 10.9. The number of alkyl halides is 3. The van der Waals surface area contributed by atoms with Gasteiger partial charge in [-0.05, 0) is 38.3 Å². The summed E-state index contributed by atoms with van der Waals surface area (Å²) >= 11 is 0. The van der Waals surface area contributed by atoms with Crippen LogP contribution in [0, 0.1) is 0 Å². The molecule has 2 rings (SSSR count). The number of nitrogens with zero attached hydrogens (tertiary/aromatic N) is 1. The Kier molecular flexibility index (Phi) is 3.71. The molecular weight excluding hydrogens is 257 g/mol. The first-order valence-corrected chi connectivity index (χ1v) is 6.33. The molecule has 3 nitrogen and oxygen atoms in total. The van der Waals surface area contributed by atoms with E-state index in [-0.39, 0.29) is 11.5 Å². The Labute approximate surface area is 109 Å².